The third-order valence-electron chi connectivity index (χ3n) is 7.33. The van der Waals surface area contributed by atoms with Crippen LogP contribution in [0.1, 0.15) is 36.6 Å². The van der Waals surface area contributed by atoms with Crippen molar-refractivity contribution in [1.82, 2.24) is 4.57 Å². The zero-order valence-corrected chi connectivity index (χ0v) is 25.5. The van der Waals surface area contributed by atoms with Crippen LogP contribution >= 0.6 is 34.7 Å². The molecule has 0 saturated carbocycles. The molecule has 6 rings (SSSR count). The van der Waals surface area contributed by atoms with Gasteiger partial charge in [0.15, 0.2) is 4.80 Å². The van der Waals surface area contributed by atoms with Crippen LogP contribution in [0.3, 0.4) is 0 Å². The maximum absolute atomic E-state index is 14.3. The Kier molecular flexibility index (Phi) is 7.66. The highest BCUT2D eigenvalue weighted by atomic mass is 35.5. The zero-order chi connectivity index (χ0) is 29.5. The van der Waals surface area contributed by atoms with Gasteiger partial charge in [-0.15, -0.1) is 11.8 Å². The van der Waals surface area contributed by atoms with Gasteiger partial charge in [0.25, 0.3) is 11.5 Å². The number of nitrogens with zero attached hydrogens (tertiary/aromatic N) is 3. The number of anilines is 1. The number of carbonyl (C=O) groups is 2. The molecule has 2 aliphatic rings. The summed E-state index contributed by atoms with van der Waals surface area (Å²) in [5, 5.41) is 0.615. The van der Waals surface area contributed by atoms with Crippen LogP contribution < -0.4 is 19.8 Å². The smallest absolute Gasteiger partial charge is 0.338 e. The summed E-state index contributed by atoms with van der Waals surface area (Å²) in [6.07, 6.45) is 1.99. The number of hydrogen-bond acceptors (Lipinski definition) is 7. The Balaban J connectivity index is 1.56. The molecule has 212 valence electrons. The zero-order valence-electron chi connectivity index (χ0n) is 23.1. The van der Waals surface area contributed by atoms with Crippen molar-refractivity contribution >= 4 is 57.8 Å². The van der Waals surface area contributed by atoms with E-state index in [0.29, 0.717) is 38.8 Å². The second kappa shape index (κ2) is 11.4. The third-order valence-corrected chi connectivity index (χ3v) is 9.38. The maximum atomic E-state index is 14.3. The monoisotopic (exact) mass is 615 g/mol. The van der Waals surface area contributed by atoms with E-state index in [4.69, 9.17) is 16.3 Å². The van der Waals surface area contributed by atoms with E-state index < -0.39 is 12.0 Å². The minimum absolute atomic E-state index is 0.192. The molecular formula is C32H26ClN3O4S2. The molecule has 0 aliphatic carbocycles. The van der Waals surface area contributed by atoms with Gasteiger partial charge in [-0.05, 0) is 61.6 Å². The van der Waals surface area contributed by atoms with Crippen molar-refractivity contribution < 1.29 is 14.3 Å². The summed E-state index contributed by atoms with van der Waals surface area (Å²) in [6, 6.07) is 21.8. The quantitative estimate of drug-likeness (QED) is 0.223. The second-order valence-corrected chi connectivity index (χ2v) is 12.1. The minimum atomic E-state index is -0.748. The van der Waals surface area contributed by atoms with Gasteiger partial charge in [0.2, 0.25) is 0 Å². The Morgan fingerprint density at radius 1 is 1.05 bits per heavy atom. The van der Waals surface area contributed by atoms with Crippen molar-refractivity contribution in [3.63, 3.8) is 0 Å². The Hall–Kier alpha value is -3.92. The molecule has 1 atom stereocenters. The Labute approximate surface area is 255 Å². The number of rotatable bonds is 6. The standard InChI is InChI=1S/C32H26ClN3O4S2/c1-4-40-31(39)25-18(2)34-32-36(27(25)20-11-15-22(41-3)16-12-20)30(38)28(42-32)26-23-7-5-6-8-24(23)35(29(26)37)17-19-9-13-21(33)14-10-19/h5-16,27H,4,17H2,1-3H3/b28-26+/t27-/m0/s1. The molecule has 0 spiro atoms. The molecule has 42 heavy (non-hydrogen) atoms. The Morgan fingerprint density at radius 2 is 1.76 bits per heavy atom. The highest BCUT2D eigenvalue weighted by molar-refractivity contribution is 7.98. The number of thiazole rings is 1. The fraction of sp³-hybridized carbons (Fsp3) is 0.188. The molecule has 0 bridgehead atoms. The SMILES string of the molecule is CCOC(=O)C1=C(C)N=c2s/c(=C3/C(=O)N(Cc4ccc(Cl)cc4)c4ccccc43)c(=O)n2[C@H]1c1ccc(SC)cc1. The summed E-state index contributed by atoms with van der Waals surface area (Å²) in [6.45, 7) is 4.01. The first kappa shape index (κ1) is 28.2. The largest absolute Gasteiger partial charge is 0.463 e. The number of hydrogen-bond donors (Lipinski definition) is 0. The number of para-hydroxylation sites is 1. The fourth-order valence-electron chi connectivity index (χ4n) is 5.37. The van der Waals surface area contributed by atoms with Crippen molar-refractivity contribution in [2.45, 2.75) is 31.3 Å². The summed E-state index contributed by atoms with van der Waals surface area (Å²) in [5.74, 6) is -0.786. The van der Waals surface area contributed by atoms with E-state index in [2.05, 4.69) is 4.99 Å². The summed E-state index contributed by atoms with van der Waals surface area (Å²) < 4.78 is 7.22. The molecule has 4 aromatic rings. The lowest BCUT2D eigenvalue weighted by molar-refractivity contribution is -0.139. The van der Waals surface area contributed by atoms with Gasteiger partial charge in [-0.25, -0.2) is 9.79 Å². The number of allylic oxidation sites excluding steroid dienone is 1. The number of thioether (sulfide) groups is 1. The van der Waals surface area contributed by atoms with Crippen LogP contribution in [0.5, 0.6) is 0 Å². The first-order valence-electron chi connectivity index (χ1n) is 13.3. The highest BCUT2D eigenvalue weighted by Crippen LogP contribution is 2.37. The van der Waals surface area contributed by atoms with E-state index in [9.17, 15) is 14.4 Å². The fourth-order valence-corrected chi connectivity index (χ4v) is 7.04. The lowest BCUT2D eigenvalue weighted by Gasteiger charge is -2.24. The van der Waals surface area contributed by atoms with Gasteiger partial charge in [0.1, 0.15) is 4.53 Å². The number of benzene rings is 3. The van der Waals surface area contributed by atoms with E-state index in [1.807, 2.05) is 66.9 Å². The lowest BCUT2D eigenvalue weighted by atomic mass is 9.96. The second-order valence-electron chi connectivity index (χ2n) is 9.81. The molecule has 0 fully saturated rings. The lowest BCUT2D eigenvalue weighted by Crippen LogP contribution is -2.41. The number of esters is 1. The van der Waals surface area contributed by atoms with Crippen LogP contribution in [0, 0.1) is 0 Å². The molecule has 0 radical (unpaired) electrons. The van der Waals surface area contributed by atoms with Crippen molar-refractivity contribution in [2.75, 3.05) is 17.8 Å². The van der Waals surface area contributed by atoms with E-state index in [-0.39, 0.29) is 22.6 Å². The van der Waals surface area contributed by atoms with E-state index >= 15 is 0 Å². The van der Waals surface area contributed by atoms with Crippen molar-refractivity contribution in [3.8, 4) is 0 Å². The maximum Gasteiger partial charge on any atom is 0.338 e. The molecule has 0 saturated heterocycles. The van der Waals surface area contributed by atoms with Crippen molar-refractivity contribution in [1.29, 1.82) is 0 Å². The predicted molar refractivity (Wildman–Crippen MR) is 167 cm³/mol. The van der Waals surface area contributed by atoms with E-state index in [1.54, 1.807) is 42.6 Å². The number of halogens is 1. The number of aromatic nitrogens is 1. The minimum Gasteiger partial charge on any atom is -0.463 e. The first-order valence-corrected chi connectivity index (χ1v) is 15.8. The first-order chi connectivity index (χ1) is 20.3. The van der Waals surface area contributed by atoms with E-state index in [1.165, 1.54) is 15.9 Å². The molecule has 10 heteroatoms. The van der Waals surface area contributed by atoms with Gasteiger partial charge in [0, 0.05) is 15.5 Å². The summed E-state index contributed by atoms with van der Waals surface area (Å²) in [5.41, 5.74) is 3.82. The summed E-state index contributed by atoms with van der Waals surface area (Å²) >= 11 is 8.84. The number of carbonyl (C=O) groups excluding carboxylic acids is 2. The number of amides is 1. The van der Waals surface area contributed by atoms with Crippen LogP contribution in [-0.2, 0) is 20.9 Å². The van der Waals surface area contributed by atoms with Crippen LogP contribution in [0.2, 0.25) is 5.02 Å². The number of ether oxygens (including phenoxy) is 1. The number of fused-ring (bicyclic) bond motifs is 2. The molecule has 1 aromatic heterocycles. The van der Waals surface area contributed by atoms with E-state index in [0.717, 1.165) is 21.7 Å². The Morgan fingerprint density at radius 3 is 2.45 bits per heavy atom. The average molecular weight is 616 g/mol. The van der Waals surface area contributed by atoms with Gasteiger partial charge in [-0.2, -0.15) is 0 Å². The molecule has 3 aromatic carbocycles. The molecule has 3 heterocycles. The molecule has 7 nitrogen and oxygen atoms in total. The van der Waals surface area contributed by atoms with Crippen LogP contribution in [0.15, 0.2) is 98.7 Å². The Bertz CT molecular complexity index is 1940. The normalized spacial score (nSPS) is 17.2. The van der Waals surface area contributed by atoms with Gasteiger partial charge in [-0.1, -0.05) is 65.4 Å². The van der Waals surface area contributed by atoms with Gasteiger partial charge in [0.05, 0.1) is 41.7 Å². The molecule has 1 amide bonds. The van der Waals surface area contributed by atoms with Crippen LogP contribution in [0.25, 0.3) is 5.57 Å². The predicted octanol–water partition coefficient (Wildman–Crippen LogP) is 5.09. The molecule has 0 N–H and O–H groups in total. The summed E-state index contributed by atoms with van der Waals surface area (Å²) in [4.78, 5) is 49.4. The highest BCUT2D eigenvalue weighted by Gasteiger charge is 2.37. The van der Waals surface area contributed by atoms with Gasteiger partial charge in [-0.3, -0.25) is 14.2 Å². The average Bonchev–Trinajstić information content (AvgIpc) is 3.45. The van der Waals surface area contributed by atoms with Gasteiger partial charge < -0.3 is 9.64 Å². The summed E-state index contributed by atoms with van der Waals surface area (Å²) in [7, 11) is 0. The third kappa shape index (κ3) is 4.81. The van der Waals surface area contributed by atoms with Crippen LogP contribution in [0.4, 0.5) is 5.69 Å². The molecule has 2 aliphatic heterocycles. The van der Waals surface area contributed by atoms with Crippen molar-refractivity contribution in [2.24, 2.45) is 4.99 Å². The van der Waals surface area contributed by atoms with Crippen molar-refractivity contribution in [3.05, 3.63) is 125 Å². The van der Waals surface area contributed by atoms with Gasteiger partial charge >= 0.3 is 5.97 Å². The molecular weight excluding hydrogens is 590 g/mol. The topological polar surface area (TPSA) is 81.0 Å². The van der Waals surface area contributed by atoms with Crippen LogP contribution in [-0.4, -0.2) is 29.3 Å². The molecule has 0 unspecified atom stereocenters.